The maximum Gasteiger partial charge on any atom is 0.309 e. The molecule has 0 aromatic heterocycles. The molecule has 150 valence electrons. The minimum absolute atomic E-state index is 0.496. The molecule has 0 heterocycles. The zero-order chi connectivity index (χ0) is 20.6. The van der Waals surface area contributed by atoms with Crippen molar-refractivity contribution in [3.05, 3.63) is 53.6 Å². The third-order valence-electron chi connectivity index (χ3n) is 4.52. The fraction of sp³-hybridized carbons (Fsp3) is 0.348. The molecule has 0 spiro atoms. The summed E-state index contributed by atoms with van der Waals surface area (Å²) in [5.74, 6) is 1.48. The molecule has 0 aliphatic carbocycles. The Hall–Kier alpha value is -2.95. The molecule has 28 heavy (non-hydrogen) atoms. The lowest BCUT2D eigenvalue weighted by atomic mass is 9.88. The fourth-order valence-electron chi connectivity index (χ4n) is 2.60. The van der Waals surface area contributed by atoms with E-state index in [2.05, 4.69) is 0 Å². The van der Waals surface area contributed by atoms with Crippen molar-refractivity contribution < 1.29 is 24.1 Å². The summed E-state index contributed by atoms with van der Waals surface area (Å²) in [6.45, 7) is 3.96. The van der Waals surface area contributed by atoms with Gasteiger partial charge in [0.2, 0.25) is 0 Å². The van der Waals surface area contributed by atoms with Crippen molar-refractivity contribution in [1.29, 1.82) is 0 Å². The van der Waals surface area contributed by atoms with Gasteiger partial charge in [0.1, 0.15) is 17.2 Å². The molecule has 2 rings (SSSR count). The Morgan fingerprint density at radius 1 is 0.929 bits per heavy atom. The van der Waals surface area contributed by atoms with Crippen molar-refractivity contribution in [3.8, 4) is 17.2 Å². The highest BCUT2D eigenvalue weighted by molar-refractivity contribution is 5.73. The minimum Gasteiger partial charge on any atom is -0.497 e. The Morgan fingerprint density at radius 3 is 2.04 bits per heavy atom. The maximum absolute atomic E-state index is 11.1. The topological polar surface area (TPSA) is 65.0 Å². The second-order valence-electron chi connectivity index (χ2n) is 7.19. The van der Waals surface area contributed by atoms with Gasteiger partial charge in [-0.25, -0.2) is 0 Å². The number of carbonyl (C=O) groups is 1. The van der Waals surface area contributed by atoms with E-state index in [9.17, 15) is 4.79 Å². The minimum atomic E-state index is -0.780. The first-order chi connectivity index (χ1) is 13.3. The van der Waals surface area contributed by atoms with Crippen LogP contribution in [0.25, 0.3) is 12.2 Å². The van der Waals surface area contributed by atoms with Crippen LogP contribution in [0.4, 0.5) is 0 Å². The van der Waals surface area contributed by atoms with E-state index >= 15 is 0 Å². The number of ether oxygens (including phenoxy) is 3. The van der Waals surface area contributed by atoms with Crippen LogP contribution in [0.1, 0.15) is 37.8 Å². The van der Waals surface area contributed by atoms with Crippen molar-refractivity contribution in [2.75, 3.05) is 20.8 Å². The monoisotopic (exact) mass is 384 g/mol. The molecule has 0 unspecified atom stereocenters. The van der Waals surface area contributed by atoms with Crippen molar-refractivity contribution >= 4 is 18.1 Å². The lowest BCUT2D eigenvalue weighted by Crippen LogP contribution is -2.24. The molecule has 0 aliphatic rings. The summed E-state index contributed by atoms with van der Waals surface area (Å²) in [4.78, 5) is 11.1. The number of carboxylic acids is 1. The van der Waals surface area contributed by atoms with Crippen molar-refractivity contribution in [3.63, 3.8) is 0 Å². The van der Waals surface area contributed by atoms with Gasteiger partial charge in [0.15, 0.2) is 0 Å². The van der Waals surface area contributed by atoms with Crippen LogP contribution < -0.4 is 14.2 Å². The number of hydrogen-bond donors (Lipinski definition) is 1. The number of methoxy groups -OCH3 is 2. The molecule has 0 saturated heterocycles. The summed E-state index contributed by atoms with van der Waals surface area (Å²) < 4.78 is 16.3. The van der Waals surface area contributed by atoms with Crippen LogP contribution in [-0.4, -0.2) is 31.9 Å². The molecule has 0 saturated carbocycles. The Kier molecular flexibility index (Phi) is 7.50. The largest absolute Gasteiger partial charge is 0.497 e. The van der Waals surface area contributed by atoms with Crippen LogP contribution in [0.3, 0.4) is 0 Å². The van der Waals surface area contributed by atoms with Crippen molar-refractivity contribution in [2.24, 2.45) is 5.41 Å². The average Bonchev–Trinajstić information content (AvgIpc) is 2.70. The van der Waals surface area contributed by atoms with E-state index < -0.39 is 11.4 Å². The van der Waals surface area contributed by atoms with E-state index in [-0.39, 0.29) is 0 Å². The molecule has 5 nitrogen and oxygen atoms in total. The van der Waals surface area contributed by atoms with Gasteiger partial charge < -0.3 is 19.3 Å². The Bertz CT molecular complexity index is 784. The summed E-state index contributed by atoms with van der Waals surface area (Å²) >= 11 is 0. The van der Waals surface area contributed by atoms with Gasteiger partial charge in [-0.3, -0.25) is 4.79 Å². The Labute approximate surface area is 166 Å². The van der Waals surface area contributed by atoms with Gasteiger partial charge in [0, 0.05) is 6.07 Å². The van der Waals surface area contributed by atoms with Gasteiger partial charge >= 0.3 is 5.97 Å². The van der Waals surface area contributed by atoms with Gasteiger partial charge in [-0.1, -0.05) is 24.3 Å². The van der Waals surface area contributed by atoms with E-state index in [4.69, 9.17) is 19.3 Å². The number of rotatable bonds is 10. The van der Waals surface area contributed by atoms with Crippen molar-refractivity contribution in [2.45, 2.75) is 26.7 Å². The summed E-state index contributed by atoms with van der Waals surface area (Å²) in [7, 11) is 3.26. The van der Waals surface area contributed by atoms with Crippen LogP contribution in [0.5, 0.6) is 17.2 Å². The highest BCUT2D eigenvalue weighted by atomic mass is 16.5. The van der Waals surface area contributed by atoms with Gasteiger partial charge in [0.25, 0.3) is 0 Å². The predicted octanol–water partition coefficient (Wildman–Crippen LogP) is 5.14. The highest BCUT2D eigenvalue weighted by Gasteiger charge is 2.26. The molecular weight excluding hydrogens is 356 g/mol. The molecule has 0 amide bonds. The SMILES string of the molecule is COc1cc(/C=C/c2ccc(OCCCC(C)(C)C(=O)O)cc2)cc(OC)c1. The van der Waals surface area contributed by atoms with Crippen LogP contribution >= 0.6 is 0 Å². The smallest absolute Gasteiger partial charge is 0.309 e. The van der Waals surface area contributed by atoms with E-state index in [1.807, 2.05) is 54.6 Å². The fourth-order valence-corrected chi connectivity index (χ4v) is 2.60. The molecule has 2 aromatic carbocycles. The van der Waals surface area contributed by atoms with Crippen molar-refractivity contribution in [1.82, 2.24) is 0 Å². The summed E-state index contributed by atoms with van der Waals surface area (Å²) in [5.41, 5.74) is 1.31. The number of hydrogen-bond acceptors (Lipinski definition) is 4. The average molecular weight is 384 g/mol. The van der Waals surface area contributed by atoms with Crippen LogP contribution in [0, 0.1) is 5.41 Å². The molecule has 0 radical (unpaired) electrons. The molecule has 1 N–H and O–H groups in total. The second-order valence-corrected chi connectivity index (χ2v) is 7.19. The molecule has 0 atom stereocenters. The van der Waals surface area contributed by atoms with E-state index in [0.717, 1.165) is 28.4 Å². The standard InChI is InChI=1S/C23H28O5/c1-23(2,22(24)25)12-5-13-28-19-10-8-17(9-11-19)6-7-18-14-20(26-3)16-21(15-18)27-4/h6-11,14-16H,5,12-13H2,1-4H3,(H,24,25)/b7-6+. The summed E-state index contributed by atoms with van der Waals surface area (Å²) in [6.07, 6.45) is 5.27. The second kappa shape index (κ2) is 9.83. The summed E-state index contributed by atoms with van der Waals surface area (Å²) in [6, 6.07) is 13.5. The Balaban J connectivity index is 1.90. The first kappa shape index (κ1) is 21.4. The lowest BCUT2D eigenvalue weighted by molar-refractivity contribution is -0.147. The molecule has 0 aliphatic heterocycles. The van der Waals surface area contributed by atoms with E-state index in [0.29, 0.717) is 19.4 Å². The zero-order valence-electron chi connectivity index (χ0n) is 16.9. The third kappa shape index (κ3) is 6.34. The van der Waals surface area contributed by atoms with Gasteiger partial charge in [-0.15, -0.1) is 0 Å². The number of benzene rings is 2. The predicted molar refractivity (Wildman–Crippen MR) is 111 cm³/mol. The quantitative estimate of drug-likeness (QED) is 0.454. The molecular formula is C23H28O5. The van der Waals surface area contributed by atoms with E-state index in [1.165, 1.54) is 0 Å². The highest BCUT2D eigenvalue weighted by Crippen LogP contribution is 2.25. The first-order valence-corrected chi connectivity index (χ1v) is 9.21. The normalized spacial score (nSPS) is 11.4. The van der Waals surface area contributed by atoms with Gasteiger partial charge in [0.05, 0.1) is 26.2 Å². The number of aliphatic carboxylic acids is 1. The summed E-state index contributed by atoms with van der Waals surface area (Å²) in [5, 5.41) is 9.12. The van der Waals surface area contributed by atoms with Crippen LogP contribution in [-0.2, 0) is 4.79 Å². The molecule has 2 aromatic rings. The van der Waals surface area contributed by atoms with Crippen LogP contribution in [0.2, 0.25) is 0 Å². The Morgan fingerprint density at radius 2 is 1.50 bits per heavy atom. The zero-order valence-corrected chi connectivity index (χ0v) is 16.9. The molecule has 0 bridgehead atoms. The maximum atomic E-state index is 11.1. The lowest BCUT2D eigenvalue weighted by Gasteiger charge is -2.18. The molecule has 0 fully saturated rings. The molecule has 5 heteroatoms. The van der Waals surface area contributed by atoms with Crippen LogP contribution in [0.15, 0.2) is 42.5 Å². The number of carboxylic acid groups (broad SMARTS) is 1. The third-order valence-corrected chi connectivity index (χ3v) is 4.52. The van der Waals surface area contributed by atoms with E-state index in [1.54, 1.807) is 28.1 Å². The van der Waals surface area contributed by atoms with Gasteiger partial charge in [-0.05, 0) is 62.1 Å². The first-order valence-electron chi connectivity index (χ1n) is 9.21. The van der Waals surface area contributed by atoms with Gasteiger partial charge in [-0.2, -0.15) is 0 Å².